The number of carboxylic acid groups (broad SMARTS) is 1. The van der Waals surface area contributed by atoms with Crippen LogP contribution in [0.5, 0.6) is 0 Å². The van der Waals surface area contributed by atoms with Crippen molar-refractivity contribution in [2.45, 2.75) is 18.9 Å². The zero-order valence-electron chi connectivity index (χ0n) is 8.91. The number of oxime groups is 1. The second-order valence-electron chi connectivity index (χ2n) is 3.94. The third-order valence-corrected chi connectivity index (χ3v) is 3.40. The number of aliphatic carboxylic acids is 1. The number of carboxylic acids is 1. The van der Waals surface area contributed by atoms with Gasteiger partial charge in [0.15, 0.2) is 0 Å². The Labute approximate surface area is 108 Å². The molecule has 1 aliphatic rings. The van der Waals surface area contributed by atoms with E-state index in [2.05, 4.69) is 5.16 Å². The minimum Gasteiger partial charge on any atom is -0.478 e. The summed E-state index contributed by atoms with van der Waals surface area (Å²) >= 11 is 11.9. The highest BCUT2D eigenvalue weighted by Crippen LogP contribution is 2.32. The molecule has 17 heavy (non-hydrogen) atoms. The van der Waals surface area contributed by atoms with Crippen LogP contribution in [-0.2, 0) is 9.63 Å². The first-order valence-electron chi connectivity index (χ1n) is 4.87. The van der Waals surface area contributed by atoms with Crippen LogP contribution in [0.4, 0.5) is 0 Å². The summed E-state index contributed by atoms with van der Waals surface area (Å²) in [5.74, 6) is -1.06. The fourth-order valence-electron chi connectivity index (χ4n) is 1.53. The van der Waals surface area contributed by atoms with Gasteiger partial charge in [-0.25, -0.2) is 4.79 Å². The Kier molecular flexibility index (Phi) is 3.02. The van der Waals surface area contributed by atoms with Crippen molar-refractivity contribution in [3.63, 3.8) is 0 Å². The lowest BCUT2D eigenvalue weighted by Crippen LogP contribution is -2.35. The van der Waals surface area contributed by atoms with Gasteiger partial charge in [0.25, 0.3) is 0 Å². The molecule has 1 heterocycles. The molecule has 0 unspecified atom stereocenters. The van der Waals surface area contributed by atoms with Gasteiger partial charge in [-0.3, -0.25) is 0 Å². The maximum absolute atomic E-state index is 11.0. The summed E-state index contributed by atoms with van der Waals surface area (Å²) in [5, 5.41) is 13.5. The number of hydrogen-bond acceptors (Lipinski definition) is 3. The summed E-state index contributed by atoms with van der Waals surface area (Å²) < 4.78 is 0. The second-order valence-corrected chi connectivity index (χ2v) is 4.73. The van der Waals surface area contributed by atoms with Gasteiger partial charge in [0.05, 0.1) is 15.8 Å². The summed E-state index contributed by atoms with van der Waals surface area (Å²) in [6.07, 6.45) is 0.155. The average Bonchev–Trinajstić information content (AvgIpc) is 2.66. The smallest absolute Gasteiger partial charge is 0.351 e. The topological polar surface area (TPSA) is 58.9 Å². The number of benzene rings is 1. The molecule has 6 heteroatoms. The Morgan fingerprint density at radius 1 is 1.53 bits per heavy atom. The van der Waals surface area contributed by atoms with Crippen LogP contribution in [0.3, 0.4) is 0 Å². The molecule has 1 aliphatic heterocycles. The SMILES string of the molecule is C[C@@]1(C(=O)O)CC(c2cccc(Cl)c2Cl)=NO1. The minimum atomic E-state index is -1.33. The summed E-state index contributed by atoms with van der Waals surface area (Å²) in [5.41, 5.74) is -0.243. The van der Waals surface area contributed by atoms with Gasteiger partial charge < -0.3 is 9.94 Å². The van der Waals surface area contributed by atoms with E-state index in [0.717, 1.165) is 0 Å². The van der Waals surface area contributed by atoms with Crippen LogP contribution >= 0.6 is 23.2 Å². The third-order valence-electron chi connectivity index (χ3n) is 2.58. The number of rotatable bonds is 2. The molecule has 0 amide bonds. The van der Waals surface area contributed by atoms with E-state index in [9.17, 15) is 4.79 Å². The Bertz CT molecular complexity index is 515. The molecule has 0 radical (unpaired) electrons. The van der Waals surface area contributed by atoms with Crippen molar-refractivity contribution in [3.05, 3.63) is 33.8 Å². The summed E-state index contributed by atoms with van der Waals surface area (Å²) in [4.78, 5) is 15.9. The predicted octanol–water partition coefficient (Wildman–Crippen LogP) is 2.96. The number of carbonyl (C=O) groups is 1. The summed E-state index contributed by atoms with van der Waals surface area (Å²) in [6.45, 7) is 1.46. The minimum absolute atomic E-state index is 0.155. The molecule has 0 aromatic heterocycles. The van der Waals surface area contributed by atoms with E-state index in [0.29, 0.717) is 21.3 Å². The molecule has 90 valence electrons. The van der Waals surface area contributed by atoms with E-state index in [1.54, 1.807) is 18.2 Å². The molecule has 1 aromatic carbocycles. The van der Waals surface area contributed by atoms with Crippen LogP contribution in [0.25, 0.3) is 0 Å². The van der Waals surface area contributed by atoms with Crippen LogP contribution in [-0.4, -0.2) is 22.4 Å². The predicted molar refractivity (Wildman–Crippen MR) is 64.7 cm³/mol. The fourth-order valence-corrected chi connectivity index (χ4v) is 1.94. The number of halogens is 2. The van der Waals surface area contributed by atoms with Gasteiger partial charge in [0.1, 0.15) is 0 Å². The van der Waals surface area contributed by atoms with Gasteiger partial charge in [-0.1, -0.05) is 40.5 Å². The summed E-state index contributed by atoms with van der Waals surface area (Å²) in [6, 6.07) is 5.10. The van der Waals surface area contributed by atoms with Gasteiger partial charge >= 0.3 is 5.97 Å². The maximum Gasteiger partial charge on any atom is 0.351 e. The van der Waals surface area contributed by atoms with Crippen molar-refractivity contribution < 1.29 is 14.7 Å². The van der Waals surface area contributed by atoms with Crippen molar-refractivity contribution in [3.8, 4) is 0 Å². The quantitative estimate of drug-likeness (QED) is 0.901. The van der Waals surface area contributed by atoms with Crippen molar-refractivity contribution in [2.24, 2.45) is 5.16 Å². The maximum atomic E-state index is 11.0. The highest BCUT2D eigenvalue weighted by molar-refractivity contribution is 6.44. The normalized spacial score (nSPS) is 23.1. The van der Waals surface area contributed by atoms with E-state index < -0.39 is 11.6 Å². The zero-order valence-corrected chi connectivity index (χ0v) is 10.4. The Morgan fingerprint density at radius 2 is 2.24 bits per heavy atom. The molecule has 1 aromatic rings. The first-order chi connectivity index (χ1) is 7.94. The van der Waals surface area contributed by atoms with Gasteiger partial charge in [-0.05, 0) is 13.0 Å². The van der Waals surface area contributed by atoms with Crippen LogP contribution in [0, 0.1) is 0 Å². The highest BCUT2D eigenvalue weighted by atomic mass is 35.5. The molecule has 1 N–H and O–H groups in total. The standard InChI is InChI=1S/C11H9Cl2NO3/c1-11(10(15)16)5-8(14-17-11)6-3-2-4-7(12)9(6)13/h2-4H,5H2,1H3,(H,15,16)/t11-/m0/s1. The molecule has 0 saturated carbocycles. The molecular formula is C11H9Cl2NO3. The number of nitrogens with zero attached hydrogens (tertiary/aromatic N) is 1. The molecule has 0 spiro atoms. The van der Waals surface area contributed by atoms with Crippen LogP contribution in [0.15, 0.2) is 23.4 Å². The number of hydrogen-bond donors (Lipinski definition) is 1. The van der Waals surface area contributed by atoms with Crippen molar-refractivity contribution in [1.29, 1.82) is 0 Å². The van der Waals surface area contributed by atoms with Crippen LogP contribution < -0.4 is 0 Å². The van der Waals surface area contributed by atoms with E-state index in [1.807, 2.05) is 0 Å². The lowest BCUT2D eigenvalue weighted by molar-refractivity contribution is -0.160. The first-order valence-corrected chi connectivity index (χ1v) is 5.62. The second kappa shape index (κ2) is 4.20. The average molecular weight is 274 g/mol. The van der Waals surface area contributed by atoms with Crippen molar-refractivity contribution >= 4 is 34.9 Å². The molecule has 1 atom stereocenters. The van der Waals surface area contributed by atoms with Gasteiger partial charge in [-0.2, -0.15) is 0 Å². The lowest BCUT2D eigenvalue weighted by Gasteiger charge is -2.14. The van der Waals surface area contributed by atoms with E-state index in [1.165, 1.54) is 6.92 Å². The molecule has 0 fully saturated rings. The van der Waals surface area contributed by atoms with E-state index in [4.69, 9.17) is 33.1 Å². The molecule has 0 saturated heterocycles. The third kappa shape index (κ3) is 2.10. The largest absolute Gasteiger partial charge is 0.478 e. The summed E-state index contributed by atoms with van der Waals surface area (Å²) in [7, 11) is 0. The Balaban J connectivity index is 2.33. The van der Waals surface area contributed by atoms with Crippen LogP contribution in [0.1, 0.15) is 18.9 Å². The van der Waals surface area contributed by atoms with Crippen molar-refractivity contribution in [1.82, 2.24) is 0 Å². The lowest BCUT2D eigenvalue weighted by atomic mass is 9.96. The molecule has 2 rings (SSSR count). The zero-order chi connectivity index (χ0) is 12.6. The highest BCUT2D eigenvalue weighted by Gasteiger charge is 2.42. The molecule has 4 nitrogen and oxygen atoms in total. The van der Waals surface area contributed by atoms with E-state index in [-0.39, 0.29) is 6.42 Å². The molecule has 0 aliphatic carbocycles. The monoisotopic (exact) mass is 273 g/mol. The Morgan fingerprint density at radius 3 is 2.82 bits per heavy atom. The van der Waals surface area contributed by atoms with Crippen LogP contribution in [0.2, 0.25) is 10.0 Å². The molecule has 0 bridgehead atoms. The van der Waals surface area contributed by atoms with Gasteiger partial charge in [0, 0.05) is 12.0 Å². The van der Waals surface area contributed by atoms with Gasteiger partial charge in [-0.15, -0.1) is 0 Å². The van der Waals surface area contributed by atoms with E-state index >= 15 is 0 Å². The fraction of sp³-hybridized carbons (Fsp3) is 0.273. The molecular weight excluding hydrogens is 265 g/mol. The van der Waals surface area contributed by atoms with Gasteiger partial charge in [0.2, 0.25) is 5.60 Å². The first kappa shape index (κ1) is 12.2. The Hall–Kier alpha value is -1.26. The van der Waals surface area contributed by atoms with Crippen molar-refractivity contribution in [2.75, 3.05) is 0 Å².